The van der Waals surface area contributed by atoms with Gasteiger partial charge in [0.1, 0.15) is 17.6 Å². The van der Waals surface area contributed by atoms with Crippen molar-refractivity contribution in [3.63, 3.8) is 0 Å². The molecule has 8 nitrogen and oxygen atoms in total. The number of carbonyl (C=O) groups excluding carboxylic acids is 2. The molecular formula is C26H36FN3O5S. The lowest BCUT2D eigenvalue weighted by molar-refractivity contribution is -0.140. The first-order valence-corrected chi connectivity index (χ1v) is 13.9. The Bertz CT molecular complexity index is 1110. The van der Waals surface area contributed by atoms with E-state index in [4.69, 9.17) is 4.74 Å². The van der Waals surface area contributed by atoms with E-state index in [1.165, 1.54) is 22.4 Å². The molecule has 0 saturated heterocycles. The number of nitrogens with zero attached hydrogens (tertiary/aromatic N) is 2. The molecule has 2 aromatic carbocycles. The van der Waals surface area contributed by atoms with Crippen molar-refractivity contribution >= 4 is 27.5 Å². The predicted molar refractivity (Wildman–Crippen MR) is 139 cm³/mol. The standard InChI is InChI=1S/C26H36FN3O5S/c1-5-6-17-28-26(32)20(2)29(19-21-10-7-8-11-24(21)27)25(31)12-9-18-30(36(4,33)34)22-13-15-23(35-3)16-14-22/h7-8,10-11,13-16,20H,5-6,9,12,17-19H2,1-4H3,(H,28,32). The lowest BCUT2D eigenvalue weighted by atomic mass is 10.1. The fraction of sp³-hybridized carbons (Fsp3) is 0.462. The molecule has 1 N–H and O–H groups in total. The molecule has 0 aliphatic rings. The number of benzene rings is 2. The predicted octanol–water partition coefficient (Wildman–Crippen LogP) is 3.71. The van der Waals surface area contributed by atoms with Crippen molar-refractivity contribution in [2.75, 3.05) is 30.8 Å². The van der Waals surface area contributed by atoms with E-state index in [1.807, 2.05) is 6.92 Å². The van der Waals surface area contributed by atoms with Crippen LogP contribution in [0.15, 0.2) is 48.5 Å². The van der Waals surface area contributed by atoms with Crippen LogP contribution >= 0.6 is 0 Å². The van der Waals surface area contributed by atoms with Crippen LogP contribution in [0.4, 0.5) is 10.1 Å². The van der Waals surface area contributed by atoms with Gasteiger partial charge in [0.2, 0.25) is 21.8 Å². The molecule has 0 heterocycles. The Morgan fingerprint density at radius 2 is 1.75 bits per heavy atom. The van der Waals surface area contributed by atoms with Gasteiger partial charge in [-0.1, -0.05) is 31.5 Å². The number of hydrogen-bond donors (Lipinski definition) is 1. The van der Waals surface area contributed by atoms with Crippen molar-refractivity contribution < 1.29 is 27.1 Å². The molecule has 0 radical (unpaired) electrons. The van der Waals surface area contributed by atoms with Gasteiger partial charge in [-0.3, -0.25) is 13.9 Å². The third kappa shape index (κ3) is 8.51. The van der Waals surface area contributed by atoms with E-state index in [-0.39, 0.29) is 37.7 Å². The third-order valence-corrected chi connectivity index (χ3v) is 7.00. The van der Waals surface area contributed by atoms with Gasteiger partial charge in [-0.2, -0.15) is 0 Å². The monoisotopic (exact) mass is 521 g/mol. The highest BCUT2D eigenvalue weighted by Gasteiger charge is 2.27. The number of sulfonamides is 1. The summed E-state index contributed by atoms with van der Waals surface area (Å²) in [7, 11) is -2.08. The summed E-state index contributed by atoms with van der Waals surface area (Å²) in [5.41, 5.74) is 0.757. The van der Waals surface area contributed by atoms with Crippen LogP contribution in [0.2, 0.25) is 0 Å². The van der Waals surface area contributed by atoms with E-state index >= 15 is 0 Å². The fourth-order valence-corrected chi connectivity index (χ4v) is 4.65. The zero-order chi connectivity index (χ0) is 26.7. The van der Waals surface area contributed by atoms with Gasteiger partial charge >= 0.3 is 0 Å². The van der Waals surface area contributed by atoms with E-state index in [2.05, 4.69) is 5.32 Å². The van der Waals surface area contributed by atoms with E-state index < -0.39 is 21.9 Å². The summed E-state index contributed by atoms with van der Waals surface area (Å²) in [5, 5.41) is 2.82. The lowest BCUT2D eigenvalue weighted by Crippen LogP contribution is -2.48. The van der Waals surface area contributed by atoms with Crippen LogP contribution in [0.25, 0.3) is 0 Å². The van der Waals surface area contributed by atoms with Crippen LogP contribution in [-0.2, 0) is 26.2 Å². The van der Waals surface area contributed by atoms with Crippen molar-refractivity contribution in [1.29, 1.82) is 0 Å². The second-order valence-electron chi connectivity index (χ2n) is 8.57. The van der Waals surface area contributed by atoms with Crippen LogP contribution in [0.1, 0.15) is 45.1 Å². The number of halogens is 1. The molecule has 2 aromatic rings. The number of rotatable bonds is 14. The number of nitrogens with one attached hydrogen (secondary N) is 1. The zero-order valence-corrected chi connectivity index (χ0v) is 22.2. The maximum absolute atomic E-state index is 14.3. The van der Waals surface area contributed by atoms with Crippen molar-refractivity contribution in [2.24, 2.45) is 0 Å². The topological polar surface area (TPSA) is 96.0 Å². The molecule has 0 spiro atoms. The van der Waals surface area contributed by atoms with Crippen LogP contribution in [-0.4, -0.2) is 57.6 Å². The molecule has 36 heavy (non-hydrogen) atoms. The van der Waals surface area contributed by atoms with E-state index in [0.29, 0.717) is 23.5 Å². The Kier molecular flexibility index (Phi) is 11.2. The lowest BCUT2D eigenvalue weighted by Gasteiger charge is -2.29. The molecule has 198 valence electrons. The first kappa shape index (κ1) is 29.1. The average molecular weight is 522 g/mol. The Balaban J connectivity index is 2.15. The van der Waals surface area contributed by atoms with E-state index in [9.17, 15) is 22.4 Å². The van der Waals surface area contributed by atoms with Gasteiger partial charge in [-0.05, 0) is 50.1 Å². The normalized spacial score (nSPS) is 12.0. The quantitative estimate of drug-likeness (QED) is 0.383. The van der Waals surface area contributed by atoms with Crippen molar-refractivity contribution in [1.82, 2.24) is 10.2 Å². The largest absolute Gasteiger partial charge is 0.497 e. The molecule has 0 aliphatic carbocycles. The van der Waals surface area contributed by atoms with E-state index in [0.717, 1.165) is 19.1 Å². The second-order valence-corrected chi connectivity index (χ2v) is 10.5. The molecule has 1 atom stereocenters. The van der Waals surface area contributed by atoms with Crippen LogP contribution in [0.3, 0.4) is 0 Å². The number of amides is 2. The van der Waals surface area contributed by atoms with Gasteiger partial charge in [0.15, 0.2) is 0 Å². The molecule has 0 bridgehead atoms. The minimum atomic E-state index is -3.60. The van der Waals surface area contributed by atoms with Gasteiger partial charge in [0.05, 0.1) is 19.1 Å². The minimum Gasteiger partial charge on any atom is -0.497 e. The van der Waals surface area contributed by atoms with Crippen molar-refractivity contribution in [2.45, 2.75) is 52.1 Å². The number of anilines is 1. The average Bonchev–Trinajstić information content (AvgIpc) is 2.85. The number of methoxy groups -OCH3 is 1. The van der Waals surface area contributed by atoms with E-state index in [1.54, 1.807) is 49.4 Å². The number of hydrogen-bond acceptors (Lipinski definition) is 5. The first-order chi connectivity index (χ1) is 17.1. The molecule has 2 amide bonds. The molecule has 2 rings (SSSR count). The Morgan fingerprint density at radius 1 is 1.08 bits per heavy atom. The molecule has 1 unspecified atom stereocenters. The molecule has 0 saturated carbocycles. The molecular weight excluding hydrogens is 485 g/mol. The summed E-state index contributed by atoms with van der Waals surface area (Å²) < 4.78 is 45.5. The Hall–Kier alpha value is -3.14. The maximum Gasteiger partial charge on any atom is 0.242 e. The number of ether oxygens (including phenoxy) is 1. The number of carbonyl (C=O) groups is 2. The highest BCUT2D eigenvalue weighted by atomic mass is 32.2. The van der Waals surface area contributed by atoms with Crippen LogP contribution < -0.4 is 14.4 Å². The molecule has 0 aliphatic heterocycles. The van der Waals surface area contributed by atoms with Crippen LogP contribution in [0, 0.1) is 5.82 Å². The summed E-state index contributed by atoms with van der Waals surface area (Å²) in [6, 6.07) is 11.9. The second kappa shape index (κ2) is 13.8. The Morgan fingerprint density at radius 3 is 2.33 bits per heavy atom. The number of unbranched alkanes of at least 4 members (excludes halogenated alkanes) is 1. The fourth-order valence-electron chi connectivity index (χ4n) is 3.68. The molecule has 0 aromatic heterocycles. The highest BCUT2D eigenvalue weighted by molar-refractivity contribution is 7.92. The maximum atomic E-state index is 14.3. The summed E-state index contributed by atoms with van der Waals surface area (Å²) in [6.45, 7) is 4.12. The third-order valence-electron chi connectivity index (χ3n) is 5.81. The Labute approximate surface area is 213 Å². The molecule has 10 heteroatoms. The minimum absolute atomic E-state index is 0.0107. The van der Waals surface area contributed by atoms with Crippen LogP contribution in [0.5, 0.6) is 5.75 Å². The first-order valence-electron chi connectivity index (χ1n) is 12.0. The van der Waals surface area contributed by atoms with Gasteiger partial charge in [0, 0.05) is 31.6 Å². The summed E-state index contributed by atoms with van der Waals surface area (Å²) in [6.07, 6.45) is 3.04. The molecule has 0 fully saturated rings. The van der Waals surface area contributed by atoms with Gasteiger partial charge in [-0.15, -0.1) is 0 Å². The summed E-state index contributed by atoms with van der Waals surface area (Å²) >= 11 is 0. The summed E-state index contributed by atoms with van der Waals surface area (Å²) in [5.74, 6) is -0.544. The summed E-state index contributed by atoms with van der Waals surface area (Å²) in [4.78, 5) is 27.3. The van der Waals surface area contributed by atoms with Gasteiger partial charge in [-0.25, -0.2) is 12.8 Å². The highest BCUT2D eigenvalue weighted by Crippen LogP contribution is 2.22. The smallest absolute Gasteiger partial charge is 0.242 e. The van der Waals surface area contributed by atoms with Gasteiger partial charge in [0.25, 0.3) is 0 Å². The van der Waals surface area contributed by atoms with Crippen molar-refractivity contribution in [3.05, 3.63) is 59.9 Å². The zero-order valence-electron chi connectivity index (χ0n) is 21.4. The van der Waals surface area contributed by atoms with Crippen molar-refractivity contribution in [3.8, 4) is 5.75 Å². The van der Waals surface area contributed by atoms with Gasteiger partial charge < -0.3 is 15.0 Å². The SMILES string of the molecule is CCCCNC(=O)C(C)N(Cc1ccccc1F)C(=O)CCCN(c1ccc(OC)cc1)S(C)(=O)=O.